The van der Waals surface area contributed by atoms with Crippen molar-refractivity contribution in [2.75, 3.05) is 26.4 Å². The average Bonchev–Trinajstić information content (AvgIpc) is 2.61. The summed E-state index contributed by atoms with van der Waals surface area (Å²) >= 11 is 0. The lowest BCUT2D eigenvalue weighted by Gasteiger charge is -2.34. The van der Waals surface area contributed by atoms with Gasteiger partial charge in [-0.3, -0.25) is 9.28 Å². The molecular weight excluding hydrogens is 334 g/mol. The Morgan fingerprint density at radius 2 is 1.08 bits per heavy atom. The number of quaternary nitrogens is 1. The molecule has 0 aliphatic heterocycles. The zero-order chi connectivity index (χ0) is 18.1. The molecule has 0 aromatic rings. The van der Waals surface area contributed by atoms with Crippen LogP contribution in [-0.2, 0) is 9.53 Å². The summed E-state index contributed by atoms with van der Waals surface area (Å²) in [6, 6.07) is 0. The van der Waals surface area contributed by atoms with Crippen LogP contribution in [-0.4, -0.2) is 36.8 Å². The molecular formula is C21H44ClNO2. The maximum absolute atomic E-state index is 11.9. The van der Waals surface area contributed by atoms with E-state index >= 15 is 0 Å². The normalized spacial score (nSPS) is 11.2. The van der Waals surface area contributed by atoms with E-state index in [2.05, 4.69) is 27.7 Å². The summed E-state index contributed by atoms with van der Waals surface area (Å²) in [7, 11) is 0. The fourth-order valence-corrected chi connectivity index (χ4v) is 3.16. The molecule has 3 nitrogen and oxygen atoms in total. The summed E-state index contributed by atoms with van der Waals surface area (Å²) in [5.74, 6) is -0.0104. The molecule has 0 heterocycles. The van der Waals surface area contributed by atoms with Crippen molar-refractivity contribution in [3.63, 3.8) is 0 Å². The third-order valence-corrected chi connectivity index (χ3v) is 5.50. The number of halogens is 1. The molecule has 25 heavy (non-hydrogen) atoms. The second-order valence-electron chi connectivity index (χ2n) is 7.22. The van der Waals surface area contributed by atoms with Crippen molar-refractivity contribution in [3.8, 4) is 0 Å². The van der Waals surface area contributed by atoms with Crippen molar-refractivity contribution in [2.45, 2.75) is 105 Å². The average molecular weight is 378 g/mol. The first-order valence-corrected chi connectivity index (χ1v) is 10.6. The van der Waals surface area contributed by atoms with Crippen LogP contribution in [0.1, 0.15) is 105 Å². The van der Waals surface area contributed by atoms with Gasteiger partial charge in [-0.2, -0.15) is 0 Å². The zero-order valence-corrected chi connectivity index (χ0v) is 18.2. The molecule has 0 saturated carbocycles. The molecule has 0 aliphatic carbocycles. The van der Waals surface area contributed by atoms with Gasteiger partial charge in [0.15, 0.2) is 0 Å². The van der Waals surface area contributed by atoms with Gasteiger partial charge in [-0.25, -0.2) is 0 Å². The van der Waals surface area contributed by atoms with Crippen LogP contribution in [0.5, 0.6) is 0 Å². The summed E-state index contributed by atoms with van der Waals surface area (Å²) in [6.45, 7) is 12.4. The van der Waals surface area contributed by atoms with Gasteiger partial charge in [0.2, 0.25) is 6.73 Å². The summed E-state index contributed by atoms with van der Waals surface area (Å²) in [5, 5.41) is 0. The van der Waals surface area contributed by atoms with Crippen LogP contribution in [0.3, 0.4) is 0 Å². The molecule has 0 aliphatic rings. The Kier molecular flexibility index (Phi) is 19.9. The molecule has 4 heteroatoms. The van der Waals surface area contributed by atoms with Crippen LogP contribution in [0.25, 0.3) is 0 Å². The van der Waals surface area contributed by atoms with Crippen molar-refractivity contribution in [3.05, 3.63) is 0 Å². The fraction of sp³-hybridized carbons (Fsp3) is 0.952. The van der Waals surface area contributed by atoms with Gasteiger partial charge in [0.1, 0.15) is 0 Å². The highest BCUT2D eigenvalue weighted by molar-refractivity contribution is 5.69. The van der Waals surface area contributed by atoms with Crippen molar-refractivity contribution in [1.82, 2.24) is 0 Å². The van der Waals surface area contributed by atoms with Crippen molar-refractivity contribution in [1.29, 1.82) is 0 Å². The minimum Gasteiger partial charge on any atom is -1.00 e. The molecule has 0 spiro atoms. The predicted octanol–water partition coefficient (Wildman–Crippen LogP) is 3.07. The molecule has 0 saturated heterocycles. The predicted molar refractivity (Wildman–Crippen MR) is 104 cm³/mol. The maximum atomic E-state index is 11.9. The van der Waals surface area contributed by atoms with Gasteiger partial charge in [-0.1, -0.05) is 71.1 Å². The lowest BCUT2D eigenvalue weighted by atomic mass is 10.1. The molecule has 0 aromatic heterocycles. The van der Waals surface area contributed by atoms with Crippen LogP contribution in [0, 0.1) is 0 Å². The molecule has 0 fully saturated rings. The molecule has 0 unspecified atom stereocenters. The highest BCUT2D eigenvalue weighted by Crippen LogP contribution is 2.12. The molecule has 0 atom stereocenters. The summed E-state index contributed by atoms with van der Waals surface area (Å²) in [5.41, 5.74) is 0. The number of hydrogen-bond donors (Lipinski definition) is 0. The molecule has 152 valence electrons. The third-order valence-electron chi connectivity index (χ3n) is 5.50. The van der Waals surface area contributed by atoms with Gasteiger partial charge in [0.25, 0.3) is 0 Å². The monoisotopic (exact) mass is 377 g/mol. The third kappa shape index (κ3) is 14.6. The summed E-state index contributed by atoms with van der Waals surface area (Å²) < 4.78 is 6.38. The van der Waals surface area contributed by atoms with Gasteiger partial charge in [0.05, 0.1) is 19.6 Å². The van der Waals surface area contributed by atoms with E-state index in [0.717, 1.165) is 30.5 Å². The molecule has 0 bridgehead atoms. The first-order chi connectivity index (χ1) is 11.6. The van der Waals surface area contributed by atoms with E-state index in [9.17, 15) is 4.79 Å². The SMILES string of the molecule is CCCCCCCCCCCCCC(=O)OC[N+](CC)(CC)CC.[Cl-]. The Balaban J connectivity index is 0. The van der Waals surface area contributed by atoms with Gasteiger partial charge < -0.3 is 17.1 Å². The zero-order valence-electron chi connectivity index (χ0n) is 17.5. The van der Waals surface area contributed by atoms with Gasteiger partial charge in [0, 0.05) is 6.42 Å². The molecule has 0 rings (SSSR count). The highest BCUT2D eigenvalue weighted by Gasteiger charge is 2.22. The fourth-order valence-electron chi connectivity index (χ4n) is 3.16. The van der Waals surface area contributed by atoms with E-state index < -0.39 is 0 Å². The number of hydrogen-bond acceptors (Lipinski definition) is 2. The topological polar surface area (TPSA) is 26.3 Å². The van der Waals surface area contributed by atoms with E-state index in [0.29, 0.717) is 13.2 Å². The second-order valence-corrected chi connectivity index (χ2v) is 7.22. The number of nitrogens with zero attached hydrogens (tertiary/aromatic N) is 1. The van der Waals surface area contributed by atoms with E-state index in [1.165, 1.54) is 64.2 Å². The van der Waals surface area contributed by atoms with Crippen molar-refractivity contribution in [2.24, 2.45) is 0 Å². The highest BCUT2D eigenvalue weighted by atomic mass is 35.5. The molecule has 0 amide bonds. The first-order valence-electron chi connectivity index (χ1n) is 10.6. The molecule has 0 radical (unpaired) electrons. The van der Waals surface area contributed by atoms with Gasteiger partial charge in [-0.15, -0.1) is 0 Å². The lowest BCUT2D eigenvalue weighted by molar-refractivity contribution is -0.938. The van der Waals surface area contributed by atoms with E-state index in [-0.39, 0.29) is 18.4 Å². The Hall–Kier alpha value is -0.280. The van der Waals surface area contributed by atoms with Gasteiger partial charge >= 0.3 is 5.97 Å². The van der Waals surface area contributed by atoms with Crippen LogP contribution in [0.2, 0.25) is 0 Å². The first kappa shape index (κ1) is 26.9. The quantitative estimate of drug-likeness (QED) is 0.168. The van der Waals surface area contributed by atoms with Crippen LogP contribution >= 0.6 is 0 Å². The number of esters is 1. The van der Waals surface area contributed by atoms with Crippen LogP contribution in [0.4, 0.5) is 0 Å². The number of carbonyl (C=O) groups excluding carboxylic acids is 1. The molecule has 0 aromatic carbocycles. The Labute approximate surface area is 163 Å². The smallest absolute Gasteiger partial charge is 0.310 e. The molecule has 0 N–H and O–H groups in total. The standard InChI is InChI=1S/C21H44NO2.ClH/c1-5-9-10-11-12-13-14-15-16-17-18-19-21(23)24-20-22(6-2,7-3)8-4;/h5-20H2,1-4H3;1H/q+1;/p-1. The maximum Gasteiger partial charge on any atom is 0.310 e. The number of carbonyl (C=O) groups is 1. The second kappa shape index (κ2) is 18.5. The van der Waals surface area contributed by atoms with Crippen molar-refractivity contribution < 1.29 is 26.4 Å². The number of rotatable bonds is 17. The van der Waals surface area contributed by atoms with Crippen LogP contribution in [0.15, 0.2) is 0 Å². The Bertz CT molecular complexity index is 285. The van der Waals surface area contributed by atoms with Gasteiger partial charge in [-0.05, 0) is 27.2 Å². The summed E-state index contributed by atoms with van der Waals surface area (Å²) in [4.78, 5) is 11.9. The number of unbranched alkanes of at least 4 members (excludes halogenated alkanes) is 10. The van der Waals surface area contributed by atoms with Crippen molar-refractivity contribution >= 4 is 5.97 Å². The minimum atomic E-state index is -0.0104. The lowest BCUT2D eigenvalue weighted by Crippen LogP contribution is -3.00. The Morgan fingerprint density at radius 1 is 0.680 bits per heavy atom. The summed E-state index contributed by atoms with van der Waals surface area (Å²) in [6.07, 6.45) is 15.0. The Morgan fingerprint density at radius 3 is 1.48 bits per heavy atom. The van der Waals surface area contributed by atoms with E-state index in [4.69, 9.17) is 4.74 Å². The van der Waals surface area contributed by atoms with Crippen LogP contribution < -0.4 is 12.4 Å². The number of ether oxygens (including phenoxy) is 1. The van der Waals surface area contributed by atoms with E-state index in [1.807, 2.05) is 0 Å². The largest absolute Gasteiger partial charge is 1.00 e. The van der Waals surface area contributed by atoms with E-state index in [1.54, 1.807) is 0 Å². The minimum absolute atomic E-state index is 0.